The van der Waals surface area contributed by atoms with Crippen molar-refractivity contribution in [2.45, 2.75) is 6.42 Å². The molecule has 1 aliphatic rings. The fourth-order valence-electron chi connectivity index (χ4n) is 3.42. The standard InChI is InChI=1S/C24H21NO4/c1-28-21-13-9-20(10-14-21)25-16-19(15-23(25)26)24(27)29-22-11-7-18(8-12-22)17-5-3-2-4-6-17/h2-14,19H,15-16H2,1H3/t19-/m0/s1. The van der Waals surface area contributed by atoms with Crippen molar-refractivity contribution >= 4 is 17.6 Å². The Morgan fingerprint density at radius 1 is 0.862 bits per heavy atom. The van der Waals surface area contributed by atoms with E-state index in [2.05, 4.69) is 0 Å². The van der Waals surface area contributed by atoms with Gasteiger partial charge in [0, 0.05) is 18.7 Å². The number of carbonyl (C=O) groups excluding carboxylic acids is 2. The quantitative estimate of drug-likeness (QED) is 0.483. The van der Waals surface area contributed by atoms with Gasteiger partial charge in [-0.25, -0.2) is 0 Å². The summed E-state index contributed by atoms with van der Waals surface area (Å²) in [6.45, 7) is 0.312. The van der Waals surface area contributed by atoms with E-state index >= 15 is 0 Å². The van der Waals surface area contributed by atoms with Crippen LogP contribution in [0.25, 0.3) is 11.1 Å². The minimum absolute atomic E-state index is 0.0865. The van der Waals surface area contributed by atoms with Crippen molar-refractivity contribution in [3.8, 4) is 22.6 Å². The molecule has 3 aromatic carbocycles. The van der Waals surface area contributed by atoms with Gasteiger partial charge in [0.1, 0.15) is 11.5 Å². The smallest absolute Gasteiger partial charge is 0.316 e. The highest BCUT2D eigenvalue weighted by molar-refractivity contribution is 5.99. The second-order valence-corrected chi connectivity index (χ2v) is 6.91. The topological polar surface area (TPSA) is 55.8 Å². The summed E-state index contributed by atoms with van der Waals surface area (Å²) in [5.41, 5.74) is 2.90. The molecule has 1 atom stereocenters. The van der Waals surface area contributed by atoms with Gasteiger partial charge in [-0.2, -0.15) is 0 Å². The number of hydrogen-bond acceptors (Lipinski definition) is 4. The predicted molar refractivity (Wildman–Crippen MR) is 111 cm³/mol. The van der Waals surface area contributed by atoms with Gasteiger partial charge in [0.05, 0.1) is 13.0 Å². The minimum Gasteiger partial charge on any atom is -0.497 e. The Labute approximate surface area is 169 Å². The number of ether oxygens (including phenoxy) is 2. The Hall–Kier alpha value is -3.60. The van der Waals surface area contributed by atoms with Gasteiger partial charge >= 0.3 is 5.97 Å². The monoisotopic (exact) mass is 387 g/mol. The van der Waals surface area contributed by atoms with Crippen LogP contribution < -0.4 is 14.4 Å². The highest BCUT2D eigenvalue weighted by Gasteiger charge is 2.36. The lowest BCUT2D eigenvalue weighted by Gasteiger charge is -2.17. The van der Waals surface area contributed by atoms with E-state index in [1.54, 1.807) is 36.3 Å². The highest BCUT2D eigenvalue weighted by atomic mass is 16.5. The summed E-state index contributed by atoms with van der Waals surface area (Å²) in [7, 11) is 1.59. The molecular formula is C24H21NO4. The molecule has 0 radical (unpaired) electrons. The SMILES string of the molecule is COc1ccc(N2C[C@@H](C(=O)Oc3ccc(-c4ccccc4)cc3)CC2=O)cc1. The molecule has 1 fully saturated rings. The predicted octanol–water partition coefficient (Wildman–Crippen LogP) is 4.32. The first kappa shape index (κ1) is 18.7. The normalized spacial score (nSPS) is 16.0. The first-order valence-electron chi connectivity index (χ1n) is 9.45. The number of methoxy groups -OCH3 is 1. The first-order valence-corrected chi connectivity index (χ1v) is 9.45. The molecule has 0 N–H and O–H groups in total. The zero-order valence-corrected chi connectivity index (χ0v) is 16.1. The molecular weight excluding hydrogens is 366 g/mol. The van der Waals surface area contributed by atoms with Crippen LogP contribution in [0.5, 0.6) is 11.5 Å². The molecule has 1 saturated heterocycles. The van der Waals surface area contributed by atoms with Crippen LogP contribution in [0.1, 0.15) is 6.42 Å². The second-order valence-electron chi connectivity index (χ2n) is 6.91. The van der Waals surface area contributed by atoms with Gasteiger partial charge in [-0.15, -0.1) is 0 Å². The third-order valence-corrected chi connectivity index (χ3v) is 5.02. The average Bonchev–Trinajstić information content (AvgIpc) is 3.17. The lowest BCUT2D eigenvalue weighted by atomic mass is 10.1. The maximum absolute atomic E-state index is 12.6. The van der Waals surface area contributed by atoms with Crippen molar-refractivity contribution in [3.63, 3.8) is 0 Å². The highest BCUT2D eigenvalue weighted by Crippen LogP contribution is 2.28. The molecule has 0 bridgehead atoms. The van der Waals surface area contributed by atoms with Crippen molar-refractivity contribution in [3.05, 3.63) is 78.9 Å². The van der Waals surface area contributed by atoms with E-state index in [0.29, 0.717) is 12.3 Å². The largest absolute Gasteiger partial charge is 0.497 e. The van der Waals surface area contributed by atoms with Gasteiger partial charge in [0.15, 0.2) is 0 Å². The summed E-state index contributed by atoms with van der Waals surface area (Å²) in [5, 5.41) is 0. The molecule has 0 aliphatic carbocycles. The number of nitrogens with zero attached hydrogens (tertiary/aromatic N) is 1. The lowest BCUT2D eigenvalue weighted by Crippen LogP contribution is -2.27. The molecule has 146 valence electrons. The fraction of sp³-hybridized carbons (Fsp3) is 0.167. The number of esters is 1. The lowest BCUT2D eigenvalue weighted by molar-refractivity contribution is -0.139. The molecule has 5 heteroatoms. The molecule has 4 rings (SSSR count). The summed E-state index contributed by atoms with van der Waals surface area (Å²) in [5.74, 6) is 0.233. The van der Waals surface area contributed by atoms with Crippen LogP contribution in [0, 0.1) is 5.92 Å². The molecule has 1 heterocycles. The molecule has 0 aromatic heterocycles. The van der Waals surface area contributed by atoms with Crippen LogP contribution in [-0.2, 0) is 9.59 Å². The molecule has 5 nitrogen and oxygen atoms in total. The van der Waals surface area contributed by atoms with Crippen LogP contribution >= 0.6 is 0 Å². The second kappa shape index (κ2) is 8.19. The van der Waals surface area contributed by atoms with Crippen molar-refractivity contribution in [2.75, 3.05) is 18.6 Å². The van der Waals surface area contributed by atoms with Crippen molar-refractivity contribution in [1.29, 1.82) is 0 Å². The number of anilines is 1. The number of hydrogen-bond donors (Lipinski definition) is 0. The van der Waals surface area contributed by atoms with E-state index in [1.807, 2.05) is 54.6 Å². The third-order valence-electron chi connectivity index (χ3n) is 5.02. The number of amides is 1. The summed E-state index contributed by atoms with van der Waals surface area (Å²) in [6.07, 6.45) is 0.146. The minimum atomic E-state index is -0.488. The van der Waals surface area contributed by atoms with Crippen LogP contribution in [0.3, 0.4) is 0 Å². The first-order chi connectivity index (χ1) is 14.1. The van der Waals surface area contributed by atoms with Gasteiger partial charge in [0.2, 0.25) is 5.91 Å². The molecule has 3 aromatic rings. The van der Waals surface area contributed by atoms with Gasteiger partial charge < -0.3 is 14.4 Å². The molecule has 1 aliphatic heterocycles. The number of benzene rings is 3. The maximum atomic E-state index is 12.6. The van der Waals surface area contributed by atoms with Crippen molar-refractivity contribution < 1.29 is 19.1 Å². The third kappa shape index (κ3) is 4.14. The van der Waals surface area contributed by atoms with Gasteiger partial charge in [-0.3, -0.25) is 9.59 Å². The van der Waals surface area contributed by atoms with Crippen LogP contribution in [0.15, 0.2) is 78.9 Å². The van der Waals surface area contributed by atoms with Crippen molar-refractivity contribution in [2.24, 2.45) is 5.92 Å². The van der Waals surface area contributed by atoms with Crippen LogP contribution in [-0.4, -0.2) is 25.5 Å². The van der Waals surface area contributed by atoms with Gasteiger partial charge in [-0.05, 0) is 47.5 Å². The summed E-state index contributed by atoms with van der Waals surface area (Å²) in [4.78, 5) is 26.6. The van der Waals surface area contributed by atoms with Crippen molar-refractivity contribution in [1.82, 2.24) is 0 Å². The van der Waals surface area contributed by atoms with E-state index < -0.39 is 5.92 Å². The molecule has 1 amide bonds. The Morgan fingerprint density at radius 2 is 1.48 bits per heavy atom. The summed E-state index contributed by atoms with van der Waals surface area (Å²) in [6, 6.07) is 24.6. The summed E-state index contributed by atoms with van der Waals surface area (Å²) < 4.78 is 10.7. The van der Waals surface area contributed by atoms with E-state index in [-0.39, 0.29) is 18.3 Å². The Balaban J connectivity index is 1.40. The summed E-state index contributed by atoms with van der Waals surface area (Å²) >= 11 is 0. The van der Waals surface area contributed by atoms with E-state index in [0.717, 1.165) is 22.6 Å². The fourth-order valence-corrected chi connectivity index (χ4v) is 3.42. The Morgan fingerprint density at radius 3 is 2.14 bits per heavy atom. The Kier molecular flexibility index (Phi) is 5.29. The zero-order chi connectivity index (χ0) is 20.2. The van der Waals surface area contributed by atoms with Gasteiger partial charge in [-0.1, -0.05) is 42.5 Å². The van der Waals surface area contributed by atoms with Crippen LogP contribution in [0.4, 0.5) is 5.69 Å². The average molecular weight is 387 g/mol. The van der Waals surface area contributed by atoms with E-state index in [4.69, 9.17) is 9.47 Å². The molecule has 0 spiro atoms. The zero-order valence-electron chi connectivity index (χ0n) is 16.1. The number of rotatable bonds is 5. The Bertz CT molecular complexity index is 997. The molecule has 0 unspecified atom stereocenters. The molecule has 29 heavy (non-hydrogen) atoms. The van der Waals surface area contributed by atoms with Crippen LogP contribution in [0.2, 0.25) is 0 Å². The van der Waals surface area contributed by atoms with E-state index in [1.165, 1.54) is 0 Å². The van der Waals surface area contributed by atoms with E-state index in [9.17, 15) is 9.59 Å². The maximum Gasteiger partial charge on any atom is 0.316 e. The van der Waals surface area contributed by atoms with Gasteiger partial charge in [0.25, 0.3) is 0 Å². The number of carbonyl (C=O) groups is 2. The molecule has 0 saturated carbocycles.